The number of rotatable bonds is 5. The summed E-state index contributed by atoms with van der Waals surface area (Å²) >= 11 is 8.10. The van der Waals surface area contributed by atoms with E-state index in [0.717, 1.165) is 76.6 Å². The van der Waals surface area contributed by atoms with Gasteiger partial charge in [-0.15, -0.1) is 0 Å². The second-order valence-corrected chi connectivity index (χ2v) is 9.56. The Morgan fingerprint density at radius 3 is 2.79 bits per heavy atom. The Bertz CT molecular complexity index is 1330. The molecule has 5 rings (SSSR count). The summed E-state index contributed by atoms with van der Waals surface area (Å²) in [7, 11) is 0. The van der Waals surface area contributed by atoms with Crippen LogP contribution in [0.25, 0.3) is 27.5 Å². The number of halogens is 1. The van der Waals surface area contributed by atoms with Crippen molar-refractivity contribution in [2.24, 2.45) is 0 Å². The molecule has 33 heavy (non-hydrogen) atoms. The van der Waals surface area contributed by atoms with Crippen LogP contribution in [0.15, 0.2) is 42.6 Å². The van der Waals surface area contributed by atoms with Crippen LogP contribution in [0.5, 0.6) is 0 Å². The topological polar surface area (TPSA) is 72.7 Å². The number of nitrogens with zero attached hydrogens (tertiary/aromatic N) is 4. The molecule has 0 bridgehead atoms. The summed E-state index contributed by atoms with van der Waals surface area (Å²) in [5.74, 6) is -0.127. The van der Waals surface area contributed by atoms with E-state index >= 15 is 0 Å². The predicted octanol–water partition coefficient (Wildman–Crippen LogP) is 6.11. The number of para-hydroxylation sites is 1. The zero-order valence-electron chi connectivity index (χ0n) is 18.6. The average molecular weight is 478 g/mol. The minimum atomic E-state index is -0.127. The van der Waals surface area contributed by atoms with E-state index in [-0.39, 0.29) is 5.91 Å². The van der Waals surface area contributed by atoms with Crippen molar-refractivity contribution in [1.29, 1.82) is 0 Å². The minimum absolute atomic E-state index is 0.127. The molecule has 1 amide bonds. The monoisotopic (exact) mass is 477 g/mol. The summed E-state index contributed by atoms with van der Waals surface area (Å²) in [5.41, 5.74) is 6.96. The van der Waals surface area contributed by atoms with Gasteiger partial charge < -0.3 is 5.32 Å². The van der Waals surface area contributed by atoms with Gasteiger partial charge in [-0.05, 0) is 49.9 Å². The molecule has 1 aromatic carbocycles. The number of nitrogens with one attached hydrogen (secondary N) is 1. The number of amides is 1. The Labute approximate surface area is 201 Å². The quantitative estimate of drug-likeness (QED) is 0.376. The molecule has 0 atom stereocenters. The molecule has 168 valence electrons. The first-order valence-corrected chi connectivity index (χ1v) is 12.3. The van der Waals surface area contributed by atoms with E-state index in [1.807, 2.05) is 35.1 Å². The standard InChI is InChI=1S/C25H24ClN5OS/c1-3-7-17-13-12-16(14-27-17)22-18-8-6-10-20-24(33-25(29-20)28-15(2)32)23(18)31(30-22)21-11-5-4-9-19(21)26/h4-5,9,11-14H,3,6-8,10H2,1-2H3,(H,28,29,32). The molecule has 0 spiro atoms. The number of hydrogen-bond donors (Lipinski definition) is 1. The van der Waals surface area contributed by atoms with Crippen molar-refractivity contribution in [1.82, 2.24) is 19.7 Å². The summed E-state index contributed by atoms with van der Waals surface area (Å²) in [6, 6.07) is 11.9. The molecule has 3 heterocycles. The second-order valence-electron chi connectivity index (χ2n) is 8.16. The summed E-state index contributed by atoms with van der Waals surface area (Å²) in [4.78, 5) is 22.1. The summed E-state index contributed by atoms with van der Waals surface area (Å²) in [5, 5.41) is 9.15. The van der Waals surface area contributed by atoms with Gasteiger partial charge in [0.25, 0.3) is 0 Å². The lowest BCUT2D eigenvalue weighted by Crippen LogP contribution is -2.05. The number of carbonyl (C=O) groups excluding carboxylic acids is 1. The van der Waals surface area contributed by atoms with Crippen LogP contribution in [0.3, 0.4) is 0 Å². The molecule has 1 aliphatic rings. The SMILES string of the molecule is CCCc1ccc(-c2nn(-c3ccccc3Cl)c3c2CCCc2nc(NC(C)=O)sc2-3)cn1. The van der Waals surface area contributed by atoms with Crippen LogP contribution in [0.1, 0.15) is 43.6 Å². The van der Waals surface area contributed by atoms with E-state index in [2.05, 4.69) is 29.4 Å². The Kier molecular flexibility index (Phi) is 6.00. The average Bonchev–Trinajstić information content (AvgIpc) is 3.31. The number of carbonyl (C=O) groups is 1. The number of pyridine rings is 1. The number of benzene rings is 1. The molecule has 1 N–H and O–H groups in total. The molecule has 0 saturated heterocycles. The van der Waals surface area contributed by atoms with Gasteiger partial charge in [0, 0.05) is 29.9 Å². The molecule has 8 heteroatoms. The number of anilines is 1. The molecule has 0 fully saturated rings. The maximum Gasteiger partial charge on any atom is 0.223 e. The van der Waals surface area contributed by atoms with Gasteiger partial charge in [0.15, 0.2) is 5.13 Å². The first kappa shape index (κ1) is 21.8. The van der Waals surface area contributed by atoms with Crippen LogP contribution in [-0.4, -0.2) is 25.7 Å². The zero-order valence-corrected chi connectivity index (χ0v) is 20.1. The van der Waals surface area contributed by atoms with Gasteiger partial charge >= 0.3 is 0 Å². The minimum Gasteiger partial charge on any atom is -0.302 e. The predicted molar refractivity (Wildman–Crippen MR) is 133 cm³/mol. The first-order chi connectivity index (χ1) is 16.0. The van der Waals surface area contributed by atoms with Gasteiger partial charge in [-0.3, -0.25) is 9.78 Å². The molecule has 1 aliphatic carbocycles. The lowest BCUT2D eigenvalue weighted by molar-refractivity contribution is -0.114. The van der Waals surface area contributed by atoms with Crippen LogP contribution in [-0.2, 0) is 24.1 Å². The van der Waals surface area contributed by atoms with Gasteiger partial charge in [-0.1, -0.05) is 48.4 Å². The Morgan fingerprint density at radius 1 is 1.21 bits per heavy atom. The number of aryl methyl sites for hydroxylation is 2. The molecule has 0 radical (unpaired) electrons. The third-order valence-corrected chi connectivity index (χ3v) is 7.04. The third kappa shape index (κ3) is 4.18. The fraction of sp³-hybridized carbons (Fsp3) is 0.280. The smallest absolute Gasteiger partial charge is 0.223 e. The van der Waals surface area contributed by atoms with Crippen molar-refractivity contribution >= 4 is 34.0 Å². The van der Waals surface area contributed by atoms with Gasteiger partial charge in [-0.2, -0.15) is 5.10 Å². The maximum absolute atomic E-state index is 11.6. The zero-order chi connectivity index (χ0) is 22.9. The molecular weight excluding hydrogens is 454 g/mol. The maximum atomic E-state index is 11.6. The van der Waals surface area contributed by atoms with Crippen molar-refractivity contribution < 1.29 is 4.79 Å². The highest BCUT2D eigenvalue weighted by atomic mass is 35.5. The largest absolute Gasteiger partial charge is 0.302 e. The highest BCUT2D eigenvalue weighted by molar-refractivity contribution is 7.19. The van der Waals surface area contributed by atoms with E-state index in [9.17, 15) is 4.79 Å². The number of aromatic nitrogens is 4. The van der Waals surface area contributed by atoms with Gasteiger partial charge in [-0.25, -0.2) is 9.67 Å². The summed E-state index contributed by atoms with van der Waals surface area (Å²) in [6.07, 6.45) is 6.62. The Balaban J connectivity index is 1.73. The Hall–Kier alpha value is -3.03. The molecule has 4 aromatic rings. The molecule has 6 nitrogen and oxygen atoms in total. The van der Waals surface area contributed by atoms with Gasteiger partial charge in [0.1, 0.15) is 0 Å². The van der Waals surface area contributed by atoms with Crippen LogP contribution in [0.2, 0.25) is 5.02 Å². The van der Waals surface area contributed by atoms with Crippen molar-refractivity contribution in [3.05, 3.63) is 64.6 Å². The summed E-state index contributed by atoms with van der Waals surface area (Å²) < 4.78 is 1.94. The van der Waals surface area contributed by atoms with E-state index in [1.54, 1.807) is 0 Å². The first-order valence-electron chi connectivity index (χ1n) is 11.1. The normalized spacial score (nSPS) is 12.7. The number of hydrogen-bond acceptors (Lipinski definition) is 5. The fourth-order valence-corrected chi connectivity index (χ4v) is 5.59. The number of fused-ring (bicyclic) bond motifs is 3. The van der Waals surface area contributed by atoms with Crippen molar-refractivity contribution in [2.45, 2.75) is 46.0 Å². The lowest BCUT2D eigenvalue weighted by atomic mass is 10.0. The van der Waals surface area contributed by atoms with E-state index < -0.39 is 0 Å². The van der Waals surface area contributed by atoms with E-state index in [0.29, 0.717) is 10.2 Å². The fourth-order valence-electron chi connectivity index (χ4n) is 4.26. The van der Waals surface area contributed by atoms with Crippen molar-refractivity contribution in [2.75, 3.05) is 5.32 Å². The second kappa shape index (κ2) is 9.08. The highest BCUT2D eigenvalue weighted by Crippen LogP contribution is 2.43. The molecular formula is C25H24ClN5OS. The third-order valence-electron chi connectivity index (χ3n) is 5.70. The summed E-state index contributed by atoms with van der Waals surface area (Å²) in [6.45, 7) is 3.65. The van der Waals surface area contributed by atoms with Crippen molar-refractivity contribution in [3.8, 4) is 27.5 Å². The van der Waals surface area contributed by atoms with Crippen LogP contribution in [0, 0.1) is 0 Å². The Morgan fingerprint density at radius 2 is 2.06 bits per heavy atom. The molecule has 0 aliphatic heterocycles. The van der Waals surface area contributed by atoms with Crippen molar-refractivity contribution in [3.63, 3.8) is 0 Å². The van der Waals surface area contributed by atoms with Crippen LogP contribution < -0.4 is 5.32 Å². The van der Waals surface area contributed by atoms with Gasteiger partial charge in [0.05, 0.1) is 32.7 Å². The lowest BCUT2D eigenvalue weighted by Gasteiger charge is -2.09. The molecule has 0 saturated carbocycles. The number of thiazole rings is 1. The van der Waals surface area contributed by atoms with Gasteiger partial charge in [0.2, 0.25) is 5.91 Å². The molecule has 3 aromatic heterocycles. The van der Waals surface area contributed by atoms with E-state index in [1.165, 1.54) is 18.3 Å². The van der Waals surface area contributed by atoms with Crippen LogP contribution >= 0.6 is 22.9 Å². The molecule has 0 unspecified atom stereocenters. The van der Waals surface area contributed by atoms with E-state index in [4.69, 9.17) is 21.7 Å². The highest BCUT2D eigenvalue weighted by Gasteiger charge is 2.29. The van der Waals surface area contributed by atoms with Crippen LogP contribution in [0.4, 0.5) is 5.13 Å².